The lowest BCUT2D eigenvalue weighted by molar-refractivity contribution is -0.133. The van der Waals surface area contributed by atoms with E-state index in [1.165, 1.54) is 12.8 Å². The van der Waals surface area contributed by atoms with E-state index >= 15 is 0 Å². The maximum absolute atomic E-state index is 12.8. The van der Waals surface area contributed by atoms with Gasteiger partial charge in [-0.15, -0.1) is 0 Å². The van der Waals surface area contributed by atoms with Crippen molar-refractivity contribution in [1.29, 1.82) is 0 Å². The van der Waals surface area contributed by atoms with E-state index in [-0.39, 0.29) is 12.5 Å². The summed E-state index contributed by atoms with van der Waals surface area (Å²) in [6.07, 6.45) is 3.12. The summed E-state index contributed by atoms with van der Waals surface area (Å²) in [6, 6.07) is 0. The molecule has 2 aromatic rings. The van der Waals surface area contributed by atoms with Crippen molar-refractivity contribution in [3.63, 3.8) is 0 Å². The van der Waals surface area contributed by atoms with E-state index in [1.54, 1.807) is 23.4 Å². The quantitative estimate of drug-likeness (QED) is 0.694. The van der Waals surface area contributed by atoms with Crippen molar-refractivity contribution in [2.45, 2.75) is 59.7 Å². The van der Waals surface area contributed by atoms with Gasteiger partial charge in [-0.1, -0.05) is 0 Å². The molecule has 28 heavy (non-hydrogen) atoms. The van der Waals surface area contributed by atoms with Crippen LogP contribution in [-0.4, -0.2) is 54.5 Å². The third-order valence-electron chi connectivity index (χ3n) is 5.33. The van der Waals surface area contributed by atoms with Crippen molar-refractivity contribution >= 4 is 11.9 Å². The molecule has 2 aliphatic rings. The summed E-state index contributed by atoms with van der Waals surface area (Å²) >= 11 is 0. The Kier molecular flexibility index (Phi) is 4.91. The highest BCUT2D eigenvalue weighted by atomic mass is 16.5. The van der Waals surface area contributed by atoms with Crippen LogP contribution < -0.4 is 0 Å². The van der Waals surface area contributed by atoms with Crippen molar-refractivity contribution in [3.8, 4) is 0 Å². The molecule has 1 amide bonds. The lowest BCUT2D eigenvalue weighted by atomic mass is 10.0. The van der Waals surface area contributed by atoms with Crippen molar-refractivity contribution in [2.75, 3.05) is 13.2 Å². The topological polar surface area (TPSA) is 95.1 Å². The molecule has 0 bridgehead atoms. The number of rotatable bonds is 6. The molecule has 1 aliphatic heterocycles. The van der Waals surface area contributed by atoms with Crippen LogP contribution in [-0.2, 0) is 35.6 Å². The van der Waals surface area contributed by atoms with E-state index in [2.05, 4.69) is 15.2 Å². The van der Waals surface area contributed by atoms with Crippen LogP contribution in [0.25, 0.3) is 0 Å². The summed E-state index contributed by atoms with van der Waals surface area (Å²) in [7, 11) is 0. The number of carbonyl (C=O) groups is 2. The normalized spacial score (nSPS) is 16.2. The minimum atomic E-state index is -0.412. The largest absolute Gasteiger partial charge is 0.461 e. The standard InChI is InChI=1S/C19H26N6O3/c1-4-28-19(27)18-15-10-23(17(26)11-24-13(3)20-12(2)21-24)8-7-16(15)25(22-18)9-14-5-6-14/h14H,4-11H2,1-3H3. The van der Waals surface area contributed by atoms with E-state index in [0.29, 0.717) is 49.4 Å². The van der Waals surface area contributed by atoms with Crippen molar-refractivity contribution < 1.29 is 14.3 Å². The molecule has 3 heterocycles. The molecule has 0 aromatic carbocycles. The first-order chi connectivity index (χ1) is 13.5. The van der Waals surface area contributed by atoms with Crippen molar-refractivity contribution in [2.24, 2.45) is 5.92 Å². The van der Waals surface area contributed by atoms with Crippen LogP contribution in [0.3, 0.4) is 0 Å². The third-order valence-corrected chi connectivity index (χ3v) is 5.33. The van der Waals surface area contributed by atoms with Crippen LogP contribution >= 0.6 is 0 Å². The lowest BCUT2D eigenvalue weighted by Crippen LogP contribution is -2.39. The summed E-state index contributed by atoms with van der Waals surface area (Å²) < 4.78 is 8.78. The van der Waals surface area contributed by atoms with Gasteiger partial charge in [-0.2, -0.15) is 10.2 Å². The Morgan fingerprint density at radius 2 is 1.96 bits per heavy atom. The number of aryl methyl sites for hydroxylation is 2. The average molecular weight is 386 g/mol. The number of nitrogens with zero attached hydrogens (tertiary/aromatic N) is 6. The minimum Gasteiger partial charge on any atom is -0.461 e. The maximum Gasteiger partial charge on any atom is 0.359 e. The molecule has 9 heteroatoms. The number of carbonyl (C=O) groups excluding carboxylic acids is 2. The zero-order chi connectivity index (χ0) is 19.8. The number of fused-ring (bicyclic) bond motifs is 1. The Morgan fingerprint density at radius 3 is 2.61 bits per heavy atom. The van der Waals surface area contributed by atoms with Crippen LogP contribution in [0.15, 0.2) is 0 Å². The Hall–Kier alpha value is -2.71. The number of ether oxygens (including phenoxy) is 1. The first-order valence-electron chi connectivity index (χ1n) is 9.87. The molecular formula is C19H26N6O3. The van der Waals surface area contributed by atoms with Crippen LogP contribution in [0.2, 0.25) is 0 Å². The second-order valence-electron chi connectivity index (χ2n) is 7.55. The number of amides is 1. The SMILES string of the molecule is CCOC(=O)c1nn(CC2CC2)c2c1CN(C(=O)Cn1nc(C)nc1C)CC2. The number of hydrogen-bond donors (Lipinski definition) is 0. The molecule has 0 spiro atoms. The zero-order valence-electron chi connectivity index (χ0n) is 16.6. The van der Waals surface area contributed by atoms with E-state index in [4.69, 9.17) is 4.74 Å². The van der Waals surface area contributed by atoms with E-state index < -0.39 is 5.97 Å². The second-order valence-corrected chi connectivity index (χ2v) is 7.55. The van der Waals surface area contributed by atoms with Gasteiger partial charge in [-0.05, 0) is 39.5 Å². The molecule has 0 atom stereocenters. The van der Waals surface area contributed by atoms with E-state index in [0.717, 1.165) is 17.8 Å². The highest BCUT2D eigenvalue weighted by Crippen LogP contribution is 2.32. The van der Waals surface area contributed by atoms with Gasteiger partial charge in [0, 0.05) is 37.3 Å². The first kappa shape index (κ1) is 18.6. The molecule has 2 aromatic heterocycles. The van der Waals surface area contributed by atoms with Gasteiger partial charge in [-0.25, -0.2) is 14.5 Å². The fourth-order valence-corrected chi connectivity index (χ4v) is 3.70. The monoisotopic (exact) mass is 386 g/mol. The molecule has 0 unspecified atom stereocenters. The summed E-state index contributed by atoms with van der Waals surface area (Å²) in [4.78, 5) is 31.3. The van der Waals surface area contributed by atoms with Crippen LogP contribution in [0.4, 0.5) is 0 Å². The van der Waals surface area contributed by atoms with Crippen molar-refractivity contribution in [1.82, 2.24) is 29.4 Å². The third kappa shape index (κ3) is 3.65. The van der Waals surface area contributed by atoms with Gasteiger partial charge >= 0.3 is 5.97 Å². The molecule has 150 valence electrons. The minimum absolute atomic E-state index is 0.0385. The van der Waals surface area contributed by atoms with Crippen LogP contribution in [0.1, 0.15) is 53.2 Å². The van der Waals surface area contributed by atoms with Gasteiger partial charge < -0.3 is 9.64 Å². The Labute approximate surface area is 163 Å². The average Bonchev–Trinajstić information content (AvgIpc) is 3.32. The Bertz CT molecular complexity index is 911. The van der Waals surface area contributed by atoms with Crippen LogP contribution in [0.5, 0.6) is 0 Å². The number of aromatic nitrogens is 5. The second kappa shape index (κ2) is 7.37. The first-order valence-corrected chi connectivity index (χ1v) is 9.87. The summed E-state index contributed by atoms with van der Waals surface area (Å²) in [6.45, 7) is 7.70. The summed E-state index contributed by atoms with van der Waals surface area (Å²) in [5.41, 5.74) is 2.24. The lowest BCUT2D eigenvalue weighted by Gasteiger charge is -2.28. The van der Waals surface area contributed by atoms with Crippen molar-refractivity contribution in [3.05, 3.63) is 28.6 Å². The molecule has 9 nitrogen and oxygen atoms in total. The van der Waals surface area contributed by atoms with E-state index in [9.17, 15) is 9.59 Å². The fraction of sp³-hybridized carbons (Fsp3) is 0.632. The Balaban J connectivity index is 1.55. The molecule has 0 radical (unpaired) electrons. The Morgan fingerprint density at radius 1 is 1.18 bits per heavy atom. The summed E-state index contributed by atoms with van der Waals surface area (Å²) in [5, 5.41) is 8.83. The number of hydrogen-bond acceptors (Lipinski definition) is 6. The van der Waals surface area contributed by atoms with Gasteiger partial charge in [0.1, 0.15) is 18.2 Å². The molecule has 1 fully saturated rings. The van der Waals surface area contributed by atoms with Gasteiger partial charge in [0.05, 0.1) is 6.61 Å². The molecule has 1 aliphatic carbocycles. The maximum atomic E-state index is 12.8. The highest BCUT2D eigenvalue weighted by Gasteiger charge is 2.33. The van der Waals surface area contributed by atoms with E-state index in [1.807, 2.05) is 11.6 Å². The predicted octanol–water partition coefficient (Wildman–Crippen LogP) is 1.26. The number of esters is 1. The van der Waals surface area contributed by atoms with Gasteiger partial charge in [-0.3, -0.25) is 9.48 Å². The predicted molar refractivity (Wildman–Crippen MR) is 99.5 cm³/mol. The fourth-order valence-electron chi connectivity index (χ4n) is 3.70. The van der Waals surface area contributed by atoms with Gasteiger partial charge in [0.2, 0.25) is 5.91 Å². The summed E-state index contributed by atoms with van der Waals surface area (Å²) in [5.74, 6) is 1.57. The molecule has 4 rings (SSSR count). The smallest absolute Gasteiger partial charge is 0.359 e. The molecule has 1 saturated carbocycles. The van der Waals surface area contributed by atoms with Crippen LogP contribution in [0, 0.1) is 19.8 Å². The molecular weight excluding hydrogens is 360 g/mol. The van der Waals surface area contributed by atoms with Gasteiger partial charge in [0.15, 0.2) is 5.69 Å². The van der Waals surface area contributed by atoms with Gasteiger partial charge in [0.25, 0.3) is 0 Å². The highest BCUT2D eigenvalue weighted by molar-refractivity contribution is 5.89. The molecule has 0 saturated heterocycles. The zero-order valence-corrected chi connectivity index (χ0v) is 16.6. The molecule has 0 N–H and O–H groups in total.